The predicted molar refractivity (Wildman–Crippen MR) is 100 cm³/mol. The number of imidazole rings is 1. The van der Waals surface area contributed by atoms with E-state index in [-0.39, 0.29) is 0 Å². The molecule has 0 saturated heterocycles. The van der Waals surface area contributed by atoms with E-state index < -0.39 is 0 Å². The van der Waals surface area contributed by atoms with Crippen LogP contribution >= 0.6 is 0 Å². The van der Waals surface area contributed by atoms with E-state index in [4.69, 9.17) is 4.98 Å². The Morgan fingerprint density at radius 2 is 1.54 bits per heavy atom. The zero-order chi connectivity index (χ0) is 16.1. The van der Waals surface area contributed by atoms with Gasteiger partial charge in [-0.3, -0.25) is 4.40 Å². The van der Waals surface area contributed by atoms with Crippen molar-refractivity contribution in [3.05, 3.63) is 84.6 Å². The molecular formula is C22H16N2. The molecule has 114 valence electrons. The summed E-state index contributed by atoms with van der Waals surface area (Å²) in [7, 11) is 0. The van der Waals surface area contributed by atoms with Crippen molar-refractivity contribution in [2.24, 2.45) is 0 Å². The van der Waals surface area contributed by atoms with Crippen LogP contribution in [0.2, 0.25) is 0 Å². The number of aryl methyl sites for hydroxylation is 1. The Balaban J connectivity index is 2.01. The summed E-state index contributed by atoms with van der Waals surface area (Å²) >= 11 is 0. The number of hydrogen-bond acceptors (Lipinski definition) is 1. The second-order valence-corrected chi connectivity index (χ2v) is 6.25. The maximum atomic E-state index is 4.88. The van der Waals surface area contributed by atoms with Gasteiger partial charge in [0.1, 0.15) is 5.65 Å². The Labute approximate surface area is 140 Å². The van der Waals surface area contributed by atoms with Crippen molar-refractivity contribution in [2.75, 3.05) is 0 Å². The molecule has 0 aliphatic heterocycles. The molecule has 0 atom stereocenters. The molecular weight excluding hydrogens is 292 g/mol. The maximum Gasteiger partial charge on any atom is 0.145 e. The van der Waals surface area contributed by atoms with Crippen molar-refractivity contribution >= 4 is 27.5 Å². The molecule has 2 aromatic heterocycles. The smallest absolute Gasteiger partial charge is 0.145 e. The van der Waals surface area contributed by atoms with Crippen molar-refractivity contribution in [3.63, 3.8) is 0 Å². The predicted octanol–water partition coefficient (Wildman–Crippen LogP) is 5.62. The van der Waals surface area contributed by atoms with Gasteiger partial charge in [0.15, 0.2) is 0 Å². The van der Waals surface area contributed by atoms with E-state index in [1.54, 1.807) is 0 Å². The summed E-state index contributed by atoms with van der Waals surface area (Å²) in [6.07, 6.45) is 2.22. The number of fused-ring (bicyclic) bond motifs is 5. The number of nitrogens with zero attached hydrogens (tertiary/aromatic N) is 2. The lowest BCUT2D eigenvalue weighted by Crippen LogP contribution is -1.91. The Kier molecular flexibility index (Phi) is 2.74. The lowest BCUT2D eigenvalue weighted by molar-refractivity contribution is 1.24. The third kappa shape index (κ3) is 1.86. The molecule has 0 radical (unpaired) electrons. The average molecular weight is 308 g/mol. The van der Waals surface area contributed by atoms with Crippen molar-refractivity contribution < 1.29 is 0 Å². The van der Waals surface area contributed by atoms with Crippen LogP contribution in [0.15, 0.2) is 79.0 Å². The van der Waals surface area contributed by atoms with E-state index in [9.17, 15) is 0 Å². The van der Waals surface area contributed by atoms with Gasteiger partial charge in [0, 0.05) is 17.1 Å². The van der Waals surface area contributed by atoms with Crippen LogP contribution in [0.4, 0.5) is 0 Å². The van der Waals surface area contributed by atoms with E-state index in [1.165, 1.54) is 27.5 Å². The quantitative estimate of drug-likeness (QED) is 0.393. The Morgan fingerprint density at radius 1 is 0.792 bits per heavy atom. The first kappa shape index (κ1) is 13.3. The van der Waals surface area contributed by atoms with Gasteiger partial charge >= 0.3 is 0 Å². The molecule has 0 spiro atoms. The van der Waals surface area contributed by atoms with Gasteiger partial charge in [-0.1, -0.05) is 60.7 Å². The molecule has 24 heavy (non-hydrogen) atoms. The highest BCUT2D eigenvalue weighted by Crippen LogP contribution is 2.33. The van der Waals surface area contributed by atoms with Gasteiger partial charge in [0.2, 0.25) is 0 Å². The molecule has 0 aliphatic rings. The van der Waals surface area contributed by atoms with Crippen molar-refractivity contribution in [1.29, 1.82) is 0 Å². The van der Waals surface area contributed by atoms with Crippen molar-refractivity contribution in [3.8, 4) is 11.1 Å². The van der Waals surface area contributed by atoms with Gasteiger partial charge in [-0.05, 0) is 35.6 Å². The zero-order valence-electron chi connectivity index (χ0n) is 13.4. The number of aromatic nitrogens is 2. The van der Waals surface area contributed by atoms with Gasteiger partial charge in [0.05, 0.1) is 11.0 Å². The van der Waals surface area contributed by atoms with Crippen LogP contribution in [0, 0.1) is 6.92 Å². The molecule has 0 aliphatic carbocycles. The highest BCUT2D eigenvalue weighted by molar-refractivity contribution is 6.05. The molecule has 0 saturated carbocycles. The number of rotatable bonds is 1. The van der Waals surface area contributed by atoms with E-state index in [1.807, 2.05) is 0 Å². The summed E-state index contributed by atoms with van der Waals surface area (Å²) < 4.78 is 2.23. The third-order valence-corrected chi connectivity index (χ3v) is 4.65. The molecule has 2 heterocycles. The largest absolute Gasteiger partial charge is 0.298 e. The van der Waals surface area contributed by atoms with Crippen molar-refractivity contribution in [1.82, 2.24) is 9.38 Å². The summed E-state index contributed by atoms with van der Waals surface area (Å²) in [6, 6.07) is 25.5. The standard InChI is InChI=1S/C22H16N2/c1-15-11-12-20-21(13-15)24-14-19(16-7-3-2-4-8-16)17-9-5-6-10-18(17)22(24)23-20/h2-14H,1H3. The minimum absolute atomic E-state index is 1.02. The normalized spacial score (nSPS) is 11.5. The molecule has 5 rings (SSSR count). The first-order valence-corrected chi connectivity index (χ1v) is 8.17. The molecule has 5 aromatic rings. The highest BCUT2D eigenvalue weighted by atomic mass is 15.0. The minimum atomic E-state index is 1.02. The SMILES string of the molecule is Cc1ccc2nc3c4ccccc4c(-c4ccccc4)cn3c2c1. The first-order chi connectivity index (χ1) is 11.8. The summed E-state index contributed by atoms with van der Waals surface area (Å²) in [5.74, 6) is 0. The van der Waals surface area contributed by atoms with Gasteiger partial charge < -0.3 is 0 Å². The maximum absolute atomic E-state index is 4.88. The van der Waals surface area contributed by atoms with Gasteiger partial charge in [-0.15, -0.1) is 0 Å². The highest BCUT2D eigenvalue weighted by Gasteiger charge is 2.12. The first-order valence-electron chi connectivity index (χ1n) is 8.17. The lowest BCUT2D eigenvalue weighted by Gasteiger charge is -2.09. The van der Waals surface area contributed by atoms with Crippen LogP contribution in [-0.2, 0) is 0 Å². The molecule has 3 aromatic carbocycles. The molecule has 0 unspecified atom stereocenters. The Hall–Kier alpha value is -3.13. The monoisotopic (exact) mass is 308 g/mol. The fourth-order valence-corrected chi connectivity index (χ4v) is 3.48. The fraction of sp³-hybridized carbons (Fsp3) is 0.0455. The fourth-order valence-electron chi connectivity index (χ4n) is 3.48. The van der Waals surface area contributed by atoms with Crippen LogP contribution in [-0.4, -0.2) is 9.38 Å². The van der Waals surface area contributed by atoms with E-state index in [0.29, 0.717) is 0 Å². The van der Waals surface area contributed by atoms with Crippen molar-refractivity contribution in [2.45, 2.75) is 6.92 Å². The zero-order valence-corrected chi connectivity index (χ0v) is 13.4. The van der Waals surface area contributed by atoms with Crippen LogP contribution < -0.4 is 0 Å². The van der Waals surface area contributed by atoms with E-state index in [0.717, 1.165) is 16.7 Å². The molecule has 0 N–H and O–H groups in total. The molecule has 0 fully saturated rings. The van der Waals surface area contributed by atoms with Gasteiger partial charge in [-0.25, -0.2) is 4.98 Å². The van der Waals surface area contributed by atoms with Crippen LogP contribution in [0.5, 0.6) is 0 Å². The summed E-state index contributed by atoms with van der Waals surface area (Å²) in [6.45, 7) is 2.12. The molecule has 2 heteroatoms. The number of pyridine rings is 1. The molecule has 0 amide bonds. The summed E-state index contributed by atoms with van der Waals surface area (Å²) in [5.41, 5.74) is 6.93. The van der Waals surface area contributed by atoms with Crippen LogP contribution in [0.3, 0.4) is 0 Å². The van der Waals surface area contributed by atoms with E-state index >= 15 is 0 Å². The second kappa shape index (κ2) is 4.93. The minimum Gasteiger partial charge on any atom is -0.298 e. The number of hydrogen-bond donors (Lipinski definition) is 0. The number of benzene rings is 3. The third-order valence-electron chi connectivity index (χ3n) is 4.65. The second-order valence-electron chi connectivity index (χ2n) is 6.25. The summed E-state index contributed by atoms with van der Waals surface area (Å²) in [4.78, 5) is 4.88. The lowest BCUT2D eigenvalue weighted by atomic mass is 10.0. The van der Waals surface area contributed by atoms with Crippen LogP contribution in [0.25, 0.3) is 38.6 Å². The molecule has 2 nitrogen and oxygen atoms in total. The Bertz CT molecular complexity index is 1200. The van der Waals surface area contributed by atoms with Gasteiger partial charge in [0.25, 0.3) is 0 Å². The summed E-state index contributed by atoms with van der Waals surface area (Å²) in [5, 5.41) is 2.43. The molecule has 0 bridgehead atoms. The Morgan fingerprint density at radius 3 is 2.38 bits per heavy atom. The van der Waals surface area contributed by atoms with Gasteiger partial charge in [-0.2, -0.15) is 0 Å². The van der Waals surface area contributed by atoms with E-state index in [2.05, 4.69) is 90.3 Å². The van der Waals surface area contributed by atoms with Crippen LogP contribution in [0.1, 0.15) is 5.56 Å². The average Bonchev–Trinajstić information content (AvgIpc) is 3.00. The topological polar surface area (TPSA) is 17.3 Å².